The number of ether oxygens (including phenoxy) is 3. The fraction of sp³-hybridized carbons (Fsp3) is 0.125. The summed E-state index contributed by atoms with van der Waals surface area (Å²) in [7, 11) is 1.43. The first kappa shape index (κ1) is 24.3. The second-order valence-electron chi connectivity index (χ2n) is 6.83. The van der Waals surface area contributed by atoms with E-state index in [1.807, 2.05) is 0 Å². The second-order valence-corrected chi connectivity index (χ2v) is 6.83. The first-order chi connectivity index (χ1) is 16.3. The standard InChI is InChI=1S/C24H18F3NO6/c1-32-22-10-6-15(5-9-21(29)16-3-2-4-19(12-16)34-24(26)27)11-17(22)14-33-23-13-18(25)7-8-20(23)28(30)31/h2-13,24H,14H2,1H3/b9-5+. The zero-order chi connectivity index (χ0) is 24.7. The molecule has 176 valence electrons. The molecule has 0 bridgehead atoms. The number of hydrogen-bond acceptors (Lipinski definition) is 6. The quantitative estimate of drug-likeness (QED) is 0.160. The van der Waals surface area contributed by atoms with Crippen LogP contribution in [0, 0.1) is 15.9 Å². The predicted octanol–water partition coefficient (Wildman–Crippen LogP) is 5.82. The number of benzene rings is 3. The number of methoxy groups -OCH3 is 1. The molecule has 0 saturated heterocycles. The number of nitro benzene ring substituents is 1. The number of rotatable bonds is 10. The molecule has 0 heterocycles. The number of carbonyl (C=O) groups excluding carboxylic acids is 1. The van der Waals surface area contributed by atoms with Gasteiger partial charge in [0.05, 0.1) is 12.0 Å². The van der Waals surface area contributed by atoms with Crippen LogP contribution in [0.3, 0.4) is 0 Å². The minimum atomic E-state index is -3.00. The van der Waals surface area contributed by atoms with E-state index in [4.69, 9.17) is 9.47 Å². The zero-order valence-corrected chi connectivity index (χ0v) is 17.7. The van der Waals surface area contributed by atoms with E-state index in [2.05, 4.69) is 4.74 Å². The number of ketones is 1. The van der Waals surface area contributed by atoms with Crippen molar-refractivity contribution in [3.8, 4) is 17.2 Å². The van der Waals surface area contributed by atoms with E-state index in [1.165, 1.54) is 43.5 Å². The molecule has 0 aliphatic carbocycles. The summed E-state index contributed by atoms with van der Waals surface area (Å²) in [5.41, 5.74) is 0.828. The molecule has 0 aliphatic heterocycles. The Bertz CT molecular complexity index is 1230. The Balaban J connectivity index is 1.78. The molecule has 3 aromatic carbocycles. The summed E-state index contributed by atoms with van der Waals surface area (Å²) in [6.45, 7) is -3.18. The van der Waals surface area contributed by atoms with Crippen LogP contribution < -0.4 is 14.2 Å². The average Bonchev–Trinajstić information content (AvgIpc) is 2.80. The fourth-order valence-corrected chi connectivity index (χ4v) is 3.02. The molecular formula is C24H18F3NO6. The van der Waals surface area contributed by atoms with Crippen molar-refractivity contribution in [1.29, 1.82) is 0 Å². The predicted molar refractivity (Wildman–Crippen MR) is 117 cm³/mol. The lowest BCUT2D eigenvalue weighted by molar-refractivity contribution is -0.386. The number of halogens is 3. The van der Waals surface area contributed by atoms with Gasteiger partial charge in [0.25, 0.3) is 0 Å². The SMILES string of the molecule is COc1ccc(/C=C/C(=O)c2cccc(OC(F)F)c2)cc1COc1cc(F)ccc1[N+](=O)[O-]. The van der Waals surface area contributed by atoms with Gasteiger partial charge in [-0.2, -0.15) is 8.78 Å². The molecule has 0 radical (unpaired) electrons. The van der Waals surface area contributed by atoms with Crippen molar-refractivity contribution in [1.82, 2.24) is 0 Å². The van der Waals surface area contributed by atoms with Crippen molar-refractivity contribution in [2.45, 2.75) is 13.2 Å². The molecule has 3 rings (SSSR count). The number of alkyl halides is 2. The van der Waals surface area contributed by atoms with Gasteiger partial charge in [0.1, 0.15) is 23.9 Å². The Labute approximate surface area is 192 Å². The van der Waals surface area contributed by atoms with Crippen molar-refractivity contribution in [3.63, 3.8) is 0 Å². The average molecular weight is 473 g/mol. The molecule has 3 aromatic rings. The third-order valence-corrected chi connectivity index (χ3v) is 4.58. The fourth-order valence-electron chi connectivity index (χ4n) is 3.02. The van der Waals surface area contributed by atoms with Gasteiger partial charge in [-0.1, -0.05) is 24.3 Å². The molecule has 0 N–H and O–H groups in total. The molecule has 0 saturated carbocycles. The van der Waals surface area contributed by atoms with Gasteiger partial charge in [-0.3, -0.25) is 14.9 Å². The van der Waals surface area contributed by atoms with E-state index in [9.17, 15) is 28.1 Å². The van der Waals surface area contributed by atoms with Crippen molar-refractivity contribution in [2.75, 3.05) is 7.11 Å². The van der Waals surface area contributed by atoms with Gasteiger partial charge >= 0.3 is 12.3 Å². The second kappa shape index (κ2) is 11.0. The Hall–Kier alpha value is -4.34. The molecule has 0 aliphatic rings. The van der Waals surface area contributed by atoms with E-state index in [0.29, 0.717) is 16.9 Å². The van der Waals surface area contributed by atoms with Crippen LogP contribution >= 0.6 is 0 Å². The molecular weight excluding hydrogens is 455 g/mol. The molecule has 0 fully saturated rings. The minimum absolute atomic E-state index is 0.135. The number of nitrogens with zero attached hydrogens (tertiary/aromatic N) is 1. The minimum Gasteiger partial charge on any atom is -0.496 e. The Kier molecular flexibility index (Phi) is 7.86. The summed E-state index contributed by atoms with van der Waals surface area (Å²) in [5, 5.41) is 11.2. The Morgan fingerprint density at radius 2 is 1.88 bits per heavy atom. The van der Waals surface area contributed by atoms with Crippen molar-refractivity contribution in [3.05, 3.63) is 99.4 Å². The van der Waals surface area contributed by atoms with Gasteiger partial charge in [-0.15, -0.1) is 0 Å². The third kappa shape index (κ3) is 6.35. The topological polar surface area (TPSA) is 87.9 Å². The van der Waals surface area contributed by atoms with Crippen molar-refractivity contribution in [2.24, 2.45) is 0 Å². The molecule has 0 aromatic heterocycles. The summed E-state index contributed by atoms with van der Waals surface area (Å²) in [4.78, 5) is 22.9. The molecule has 0 amide bonds. The van der Waals surface area contributed by atoms with E-state index >= 15 is 0 Å². The maximum Gasteiger partial charge on any atom is 0.387 e. The highest BCUT2D eigenvalue weighted by molar-refractivity contribution is 6.07. The van der Waals surface area contributed by atoms with E-state index in [1.54, 1.807) is 18.2 Å². The number of nitro groups is 1. The summed E-state index contributed by atoms with van der Waals surface area (Å²) >= 11 is 0. The van der Waals surface area contributed by atoms with Gasteiger partial charge in [-0.25, -0.2) is 4.39 Å². The van der Waals surface area contributed by atoms with Gasteiger partial charge < -0.3 is 14.2 Å². The number of hydrogen-bond donors (Lipinski definition) is 0. The molecule has 0 atom stereocenters. The van der Waals surface area contributed by atoms with Crippen LogP contribution in [0.15, 0.2) is 66.7 Å². The van der Waals surface area contributed by atoms with Crippen LogP contribution in [0.4, 0.5) is 18.9 Å². The molecule has 0 unspecified atom stereocenters. The summed E-state index contributed by atoms with van der Waals surface area (Å²) in [6, 6.07) is 13.2. The maximum absolute atomic E-state index is 13.5. The monoisotopic (exact) mass is 473 g/mol. The molecule has 34 heavy (non-hydrogen) atoms. The smallest absolute Gasteiger partial charge is 0.387 e. The highest BCUT2D eigenvalue weighted by Gasteiger charge is 2.17. The van der Waals surface area contributed by atoms with Crippen LogP contribution in [-0.4, -0.2) is 24.4 Å². The summed E-state index contributed by atoms with van der Waals surface area (Å²) < 4.78 is 53.3. The highest BCUT2D eigenvalue weighted by Crippen LogP contribution is 2.30. The van der Waals surface area contributed by atoms with Gasteiger partial charge in [-0.05, 0) is 42.0 Å². The Morgan fingerprint density at radius 3 is 2.59 bits per heavy atom. The van der Waals surface area contributed by atoms with Crippen molar-refractivity contribution >= 4 is 17.5 Å². The normalized spacial score (nSPS) is 11.0. The largest absolute Gasteiger partial charge is 0.496 e. The first-order valence-electron chi connectivity index (χ1n) is 9.77. The maximum atomic E-state index is 13.5. The van der Waals surface area contributed by atoms with Crippen LogP contribution in [0.1, 0.15) is 21.5 Å². The summed E-state index contributed by atoms with van der Waals surface area (Å²) in [6.07, 6.45) is 2.75. The van der Waals surface area contributed by atoms with E-state index in [0.717, 1.165) is 18.2 Å². The van der Waals surface area contributed by atoms with Gasteiger partial charge in [0, 0.05) is 23.3 Å². The molecule has 0 spiro atoms. The zero-order valence-electron chi connectivity index (χ0n) is 17.7. The number of carbonyl (C=O) groups is 1. The van der Waals surface area contributed by atoms with Crippen LogP contribution in [-0.2, 0) is 6.61 Å². The lowest BCUT2D eigenvalue weighted by Crippen LogP contribution is -2.03. The number of allylic oxidation sites excluding steroid dienone is 1. The van der Waals surface area contributed by atoms with E-state index in [-0.39, 0.29) is 29.4 Å². The molecule has 10 heteroatoms. The van der Waals surface area contributed by atoms with Crippen molar-refractivity contribution < 1.29 is 37.1 Å². The Morgan fingerprint density at radius 1 is 1.09 bits per heavy atom. The summed E-state index contributed by atoms with van der Waals surface area (Å²) in [5.74, 6) is -1.09. The van der Waals surface area contributed by atoms with Gasteiger partial charge in [0.2, 0.25) is 0 Å². The van der Waals surface area contributed by atoms with Gasteiger partial charge in [0.15, 0.2) is 11.5 Å². The third-order valence-electron chi connectivity index (χ3n) is 4.58. The van der Waals surface area contributed by atoms with E-state index < -0.39 is 23.1 Å². The first-order valence-corrected chi connectivity index (χ1v) is 9.77. The lowest BCUT2D eigenvalue weighted by atomic mass is 10.1. The highest BCUT2D eigenvalue weighted by atomic mass is 19.3. The van der Waals surface area contributed by atoms with Crippen LogP contribution in [0.5, 0.6) is 17.2 Å². The lowest BCUT2D eigenvalue weighted by Gasteiger charge is -2.11. The van der Waals surface area contributed by atoms with Crippen LogP contribution in [0.2, 0.25) is 0 Å². The van der Waals surface area contributed by atoms with Crippen LogP contribution in [0.25, 0.3) is 6.08 Å². The molecule has 7 nitrogen and oxygen atoms in total.